The van der Waals surface area contributed by atoms with E-state index in [-0.39, 0.29) is 0 Å². The van der Waals surface area contributed by atoms with Crippen LogP contribution in [-0.2, 0) is 0 Å². The summed E-state index contributed by atoms with van der Waals surface area (Å²) in [6.45, 7) is 2.03. The maximum Gasteiger partial charge on any atom is 0.142 e. The van der Waals surface area contributed by atoms with Gasteiger partial charge in [0.15, 0.2) is 0 Å². The summed E-state index contributed by atoms with van der Waals surface area (Å²) in [4.78, 5) is 0.953. The Morgan fingerprint density at radius 1 is 1.45 bits per heavy atom. The standard InChI is InChI=1S/C8H9IOS/c1-5-3-6(9)8(10)7(4-5)11-2/h3-4,10H,1-2H3. The fourth-order valence-electron chi connectivity index (χ4n) is 0.858. The number of aryl methyl sites for hydroxylation is 1. The molecule has 0 aliphatic heterocycles. The van der Waals surface area contributed by atoms with Crippen LogP contribution < -0.4 is 0 Å². The lowest BCUT2D eigenvalue weighted by Crippen LogP contribution is -1.80. The molecule has 0 fully saturated rings. The fraction of sp³-hybridized carbons (Fsp3) is 0.250. The van der Waals surface area contributed by atoms with Gasteiger partial charge in [0.2, 0.25) is 0 Å². The van der Waals surface area contributed by atoms with Crippen LogP contribution in [0.3, 0.4) is 0 Å². The van der Waals surface area contributed by atoms with Crippen LogP contribution in [0.4, 0.5) is 0 Å². The van der Waals surface area contributed by atoms with Gasteiger partial charge in [-0.25, -0.2) is 0 Å². The minimum Gasteiger partial charge on any atom is -0.506 e. The third-order valence-electron chi connectivity index (χ3n) is 1.39. The molecule has 3 heteroatoms. The minimum absolute atomic E-state index is 0.406. The highest BCUT2D eigenvalue weighted by atomic mass is 127. The topological polar surface area (TPSA) is 20.2 Å². The van der Waals surface area contributed by atoms with Gasteiger partial charge in [0.05, 0.1) is 8.47 Å². The first kappa shape index (κ1) is 9.19. The molecule has 1 nitrogen and oxygen atoms in total. The van der Waals surface area contributed by atoms with Gasteiger partial charge in [-0.15, -0.1) is 11.8 Å². The minimum atomic E-state index is 0.406. The second kappa shape index (κ2) is 3.67. The van der Waals surface area contributed by atoms with Crippen LogP contribution in [0.25, 0.3) is 0 Å². The van der Waals surface area contributed by atoms with E-state index in [1.807, 2.05) is 25.3 Å². The largest absolute Gasteiger partial charge is 0.506 e. The lowest BCUT2D eigenvalue weighted by Gasteiger charge is -2.04. The number of phenols is 1. The molecule has 0 aliphatic carbocycles. The molecule has 0 heterocycles. The summed E-state index contributed by atoms with van der Waals surface area (Å²) < 4.78 is 0.923. The molecule has 0 bridgehead atoms. The van der Waals surface area contributed by atoms with Crippen molar-refractivity contribution in [2.45, 2.75) is 11.8 Å². The number of hydrogen-bond donors (Lipinski definition) is 1. The Kier molecular flexibility index (Phi) is 3.06. The number of thioether (sulfide) groups is 1. The number of rotatable bonds is 1. The van der Waals surface area contributed by atoms with Crippen LogP contribution in [-0.4, -0.2) is 11.4 Å². The number of aromatic hydroxyl groups is 1. The Hall–Kier alpha value is 0.1000. The first-order valence-corrected chi connectivity index (χ1v) is 5.48. The number of halogens is 1. The number of benzene rings is 1. The summed E-state index contributed by atoms with van der Waals surface area (Å²) in [5, 5.41) is 9.49. The molecular weight excluding hydrogens is 271 g/mol. The fourth-order valence-corrected chi connectivity index (χ4v) is 2.43. The SMILES string of the molecule is CSc1cc(C)cc(I)c1O. The molecule has 11 heavy (non-hydrogen) atoms. The molecule has 0 unspecified atom stereocenters. The quantitative estimate of drug-likeness (QED) is 0.630. The summed E-state index contributed by atoms with van der Waals surface area (Å²) in [5.41, 5.74) is 1.19. The van der Waals surface area contributed by atoms with Crippen molar-refractivity contribution in [1.29, 1.82) is 0 Å². The summed E-state index contributed by atoms with van der Waals surface area (Å²) in [7, 11) is 0. The van der Waals surface area contributed by atoms with Crippen molar-refractivity contribution < 1.29 is 5.11 Å². The van der Waals surface area contributed by atoms with E-state index in [9.17, 15) is 5.11 Å². The first-order valence-electron chi connectivity index (χ1n) is 3.18. The number of hydrogen-bond acceptors (Lipinski definition) is 2. The highest BCUT2D eigenvalue weighted by Crippen LogP contribution is 2.31. The Labute approximate surface area is 84.3 Å². The van der Waals surface area contributed by atoms with Gasteiger partial charge in [0.1, 0.15) is 5.75 Å². The zero-order valence-electron chi connectivity index (χ0n) is 6.39. The van der Waals surface area contributed by atoms with Gasteiger partial charge in [-0.2, -0.15) is 0 Å². The molecule has 1 N–H and O–H groups in total. The Balaban J connectivity index is 3.24. The van der Waals surface area contributed by atoms with Crippen LogP contribution in [0.5, 0.6) is 5.75 Å². The van der Waals surface area contributed by atoms with Crippen molar-refractivity contribution in [2.24, 2.45) is 0 Å². The predicted molar refractivity (Wildman–Crippen MR) is 57.3 cm³/mol. The third kappa shape index (κ3) is 2.02. The molecule has 1 aromatic carbocycles. The molecular formula is C8H9IOS. The van der Waals surface area contributed by atoms with Crippen molar-refractivity contribution in [3.8, 4) is 5.75 Å². The molecule has 0 aromatic heterocycles. The zero-order chi connectivity index (χ0) is 8.43. The molecule has 0 radical (unpaired) electrons. The van der Waals surface area contributed by atoms with Crippen molar-refractivity contribution in [3.05, 3.63) is 21.3 Å². The van der Waals surface area contributed by atoms with Crippen LogP contribution in [0, 0.1) is 10.5 Å². The second-order valence-corrected chi connectivity index (χ2v) is 4.31. The van der Waals surface area contributed by atoms with Crippen molar-refractivity contribution in [1.82, 2.24) is 0 Å². The van der Waals surface area contributed by atoms with E-state index in [2.05, 4.69) is 22.6 Å². The molecule has 1 aromatic rings. The van der Waals surface area contributed by atoms with Gasteiger partial charge in [0.25, 0.3) is 0 Å². The monoisotopic (exact) mass is 280 g/mol. The Bertz CT molecular complexity index is 273. The van der Waals surface area contributed by atoms with Gasteiger partial charge in [0, 0.05) is 0 Å². The van der Waals surface area contributed by atoms with Gasteiger partial charge in [-0.3, -0.25) is 0 Å². The van der Waals surface area contributed by atoms with Crippen LogP contribution in [0.1, 0.15) is 5.56 Å². The van der Waals surface area contributed by atoms with E-state index in [1.54, 1.807) is 11.8 Å². The van der Waals surface area contributed by atoms with E-state index in [4.69, 9.17) is 0 Å². The van der Waals surface area contributed by atoms with E-state index < -0.39 is 0 Å². The molecule has 1 rings (SSSR count). The van der Waals surface area contributed by atoms with E-state index in [0.29, 0.717) is 5.75 Å². The van der Waals surface area contributed by atoms with Gasteiger partial charge >= 0.3 is 0 Å². The average Bonchev–Trinajstić information content (AvgIpc) is 1.96. The van der Waals surface area contributed by atoms with E-state index in [0.717, 1.165) is 8.47 Å². The maximum absolute atomic E-state index is 9.49. The lowest BCUT2D eigenvalue weighted by atomic mass is 10.2. The Morgan fingerprint density at radius 3 is 2.64 bits per heavy atom. The molecule has 0 atom stereocenters. The summed E-state index contributed by atoms with van der Waals surface area (Å²) >= 11 is 3.70. The third-order valence-corrected chi connectivity index (χ3v) is 2.97. The molecule has 0 saturated heterocycles. The maximum atomic E-state index is 9.49. The lowest BCUT2D eigenvalue weighted by molar-refractivity contribution is 0.458. The van der Waals surface area contributed by atoms with Gasteiger partial charge in [-0.1, -0.05) is 0 Å². The van der Waals surface area contributed by atoms with Crippen LogP contribution in [0.15, 0.2) is 17.0 Å². The van der Waals surface area contributed by atoms with Crippen molar-refractivity contribution >= 4 is 34.4 Å². The average molecular weight is 280 g/mol. The highest BCUT2D eigenvalue weighted by molar-refractivity contribution is 14.1. The number of phenolic OH excluding ortho intramolecular Hbond substituents is 1. The highest BCUT2D eigenvalue weighted by Gasteiger charge is 2.04. The van der Waals surface area contributed by atoms with Crippen molar-refractivity contribution in [2.75, 3.05) is 6.26 Å². The summed E-state index contributed by atoms with van der Waals surface area (Å²) in [6.07, 6.45) is 1.96. The molecule has 0 saturated carbocycles. The predicted octanol–water partition coefficient (Wildman–Crippen LogP) is 3.03. The molecule has 0 spiro atoms. The molecule has 0 amide bonds. The summed E-state index contributed by atoms with van der Waals surface area (Å²) in [6, 6.07) is 3.96. The normalized spacial score (nSPS) is 10.1. The zero-order valence-corrected chi connectivity index (χ0v) is 9.36. The van der Waals surface area contributed by atoms with Gasteiger partial charge in [-0.05, 0) is 53.5 Å². The second-order valence-electron chi connectivity index (χ2n) is 2.30. The van der Waals surface area contributed by atoms with Crippen LogP contribution >= 0.6 is 34.4 Å². The Morgan fingerprint density at radius 2 is 2.09 bits per heavy atom. The molecule has 60 valence electrons. The molecule has 0 aliphatic rings. The van der Waals surface area contributed by atoms with E-state index >= 15 is 0 Å². The first-order chi connectivity index (χ1) is 5.15. The van der Waals surface area contributed by atoms with E-state index in [1.165, 1.54) is 5.56 Å². The summed E-state index contributed by atoms with van der Waals surface area (Å²) in [5.74, 6) is 0.406. The van der Waals surface area contributed by atoms with Crippen LogP contribution in [0.2, 0.25) is 0 Å². The van der Waals surface area contributed by atoms with Crippen molar-refractivity contribution in [3.63, 3.8) is 0 Å². The smallest absolute Gasteiger partial charge is 0.142 e. The van der Waals surface area contributed by atoms with Gasteiger partial charge < -0.3 is 5.11 Å².